The summed E-state index contributed by atoms with van der Waals surface area (Å²) in [5.74, 6) is 0.732. The van der Waals surface area contributed by atoms with Crippen LogP contribution in [0.2, 0.25) is 0 Å². The van der Waals surface area contributed by atoms with Crippen molar-refractivity contribution >= 4 is 17.2 Å². The number of rotatable bonds is 6. The van der Waals surface area contributed by atoms with Crippen LogP contribution in [-0.2, 0) is 16.0 Å². The van der Waals surface area contributed by atoms with Crippen LogP contribution in [0.4, 0.5) is 0 Å². The fraction of sp³-hybridized carbons (Fsp3) is 0.500. The van der Waals surface area contributed by atoms with Gasteiger partial charge in [0.2, 0.25) is 5.91 Å². The summed E-state index contributed by atoms with van der Waals surface area (Å²) in [5.41, 5.74) is 3.77. The number of nitrogens with one attached hydrogen (secondary N) is 1. The lowest BCUT2D eigenvalue weighted by molar-refractivity contribution is -0.123. The van der Waals surface area contributed by atoms with Crippen LogP contribution in [0.25, 0.3) is 0 Å². The Kier molecular flexibility index (Phi) is 5.99. The van der Waals surface area contributed by atoms with Gasteiger partial charge in [-0.15, -0.1) is 11.3 Å². The van der Waals surface area contributed by atoms with Crippen LogP contribution in [0.3, 0.4) is 0 Å². The fourth-order valence-electron chi connectivity index (χ4n) is 2.76. The molecule has 1 saturated heterocycles. The molecule has 7 heteroatoms. The van der Waals surface area contributed by atoms with Gasteiger partial charge in [-0.25, -0.2) is 4.98 Å². The zero-order valence-electron chi connectivity index (χ0n) is 14.5. The number of carbonyl (C=O) groups excluding carboxylic acids is 1. The molecule has 0 saturated carbocycles. The zero-order chi connectivity index (χ0) is 17.6. The van der Waals surface area contributed by atoms with E-state index in [0.717, 1.165) is 24.2 Å². The number of hydrogen-bond acceptors (Lipinski definition) is 6. The van der Waals surface area contributed by atoms with Gasteiger partial charge in [0.15, 0.2) is 0 Å². The number of pyridine rings is 1. The topological polar surface area (TPSA) is 73.3 Å². The summed E-state index contributed by atoms with van der Waals surface area (Å²) >= 11 is 1.60. The van der Waals surface area contributed by atoms with Crippen molar-refractivity contribution in [2.75, 3.05) is 13.2 Å². The first-order valence-corrected chi connectivity index (χ1v) is 9.35. The number of carbonyl (C=O) groups is 1. The predicted octanol–water partition coefficient (Wildman–Crippen LogP) is 2.44. The summed E-state index contributed by atoms with van der Waals surface area (Å²) in [4.78, 5) is 22.0. The van der Waals surface area contributed by atoms with E-state index in [2.05, 4.69) is 15.3 Å². The molecule has 134 valence electrons. The van der Waals surface area contributed by atoms with Crippen LogP contribution in [-0.4, -0.2) is 41.2 Å². The Morgan fingerprint density at radius 3 is 3.00 bits per heavy atom. The van der Waals surface area contributed by atoms with Gasteiger partial charge in [-0.2, -0.15) is 0 Å². The smallest absolute Gasteiger partial charge is 0.220 e. The van der Waals surface area contributed by atoms with E-state index >= 15 is 0 Å². The zero-order valence-corrected chi connectivity index (χ0v) is 15.3. The van der Waals surface area contributed by atoms with Crippen LogP contribution in [0.1, 0.15) is 29.1 Å². The number of thiazole rings is 1. The molecule has 25 heavy (non-hydrogen) atoms. The Balaban J connectivity index is 1.54. The molecule has 3 rings (SSSR count). The van der Waals surface area contributed by atoms with Crippen molar-refractivity contribution in [1.29, 1.82) is 0 Å². The minimum atomic E-state index is -0.202. The maximum absolute atomic E-state index is 12.3. The molecule has 0 radical (unpaired) electrons. The quantitative estimate of drug-likeness (QED) is 0.855. The molecule has 2 aromatic rings. The highest BCUT2D eigenvalue weighted by molar-refractivity contribution is 7.09. The maximum atomic E-state index is 12.3. The molecule has 0 aromatic carbocycles. The van der Waals surface area contributed by atoms with Gasteiger partial charge in [0.1, 0.15) is 11.9 Å². The first kappa shape index (κ1) is 17.8. The Morgan fingerprint density at radius 2 is 2.28 bits per heavy atom. The van der Waals surface area contributed by atoms with Crippen molar-refractivity contribution in [3.8, 4) is 5.75 Å². The number of aromatic nitrogens is 2. The molecule has 1 amide bonds. The van der Waals surface area contributed by atoms with Crippen molar-refractivity contribution in [3.63, 3.8) is 0 Å². The highest BCUT2D eigenvalue weighted by Gasteiger charge is 2.29. The molecular weight excluding hydrogens is 338 g/mol. The van der Waals surface area contributed by atoms with Crippen LogP contribution in [0.15, 0.2) is 23.8 Å². The van der Waals surface area contributed by atoms with Crippen molar-refractivity contribution in [1.82, 2.24) is 15.3 Å². The summed E-state index contributed by atoms with van der Waals surface area (Å²) in [6.07, 6.45) is 3.43. The largest absolute Gasteiger partial charge is 0.484 e. The third kappa shape index (κ3) is 4.99. The summed E-state index contributed by atoms with van der Waals surface area (Å²) < 4.78 is 11.5. The van der Waals surface area contributed by atoms with E-state index in [0.29, 0.717) is 25.4 Å². The van der Waals surface area contributed by atoms with Gasteiger partial charge < -0.3 is 14.8 Å². The van der Waals surface area contributed by atoms with E-state index in [9.17, 15) is 4.79 Å². The van der Waals surface area contributed by atoms with E-state index in [1.807, 2.05) is 31.5 Å². The van der Waals surface area contributed by atoms with Gasteiger partial charge in [0, 0.05) is 23.6 Å². The van der Waals surface area contributed by atoms with Crippen molar-refractivity contribution in [2.24, 2.45) is 0 Å². The molecule has 1 N–H and O–H groups in total. The molecule has 2 atom stereocenters. The van der Waals surface area contributed by atoms with Crippen LogP contribution < -0.4 is 10.1 Å². The average Bonchev–Trinajstić information content (AvgIpc) is 3.02. The second kappa shape index (κ2) is 8.40. The monoisotopic (exact) mass is 361 g/mol. The number of aryl methyl sites for hydroxylation is 3. The standard InChI is InChI=1S/C18H23N3O3S/c1-12-3-4-14(9-19-12)24-16-10-23-8-7-15(16)21-18(22)6-5-17-13(2)20-11-25-17/h3-4,9,11,15-16H,5-8,10H2,1-2H3,(H,21,22)/t15-,16+/m0/s1. The fourth-order valence-corrected chi connectivity index (χ4v) is 3.55. The Hall–Kier alpha value is -1.99. The number of nitrogens with zero attached hydrogens (tertiary/aromatic N) is 2. The normalized spacial score (nSPS) is 20.2. The van der Waals surface area contributed by atoms with Crippen molar-refractivity contribution < 1.29 is 14.3 Å². The van der Waals surface area contributed by atoms with E-state index in [4.69, 9.17) is 9.47 Å². The molecule has 3 heterocycles. The molecular formula is C18H23N3O3S. The predicted molar refractivity (Wildman–Crippen MR) is 95.9 cm³/mol. The summed E-state index contributed by atoms with van der Waals surface area (Å²) in [6, 6.07) is 3.75. The second-order valence-electron chi connectivity index (χ2n) is 6.19. The van der Waals surface area contributed by atoms with Crippen LogP contribution >= 0.6 is 11.3 Å². The van der Waals surface area contributed by atoms with Gasteiger partial charge in [-0.05, 0) is 38.8 Å². The van der Waals surface area contributed by atoms with Crippen LogP contribution in [0.5, 0.6) is 5.75 Å². The molecule has 0 unspecified atom stereocenters. The molecule has 0 aliphatic carbocycles. The third-order valence-corrected chi connectivity index (χ3v) is 5.24. The lowest BCUT2D eigenvalue weighted by Gasteiger charge is -2.32. The number of hydrogen-bond donors (Lipinski definition) is 1. The first-order chi connectivity index (χ1) is 12.1. The van der Waals surface area contributed by atoms with Gasteiger partial charge in [0.05, 0.1) is 30.1 Å². The van der Waals surface area contributed by atoms with E-state index in [1.165, 1.54) is 4.88 Å². The molecule has 1 aliphatic heterocycles. The molecule has 2 aromatic heterocycles. The van der Waals surface area contributed by atoms with E-state index in [-0.39, 0.29) is 18.1 Å². The SMILES string of the molecule is Cc1ccc(O[C@@H]2COCC[C@@H]2NC(=O)CCc2scnc2C)cn1. The van der Waals surface area contributed by atoms with Gasteiger partial charge in [-0.3, -0.25) is 9.78 Å². The third-order valence-electron chi connectivity index (χ3n) is 4.25. The molecule has 6 nitrogen and oxygen atoms in total. The van der Waals surface area contributed by atoms with Crippen molar-refractivity contribution in [3.05, 3.63) is 40.1 Å². The van der Waals surface area contributed by atoms with E-state index in [1.54, 1.807) is 17.5 Å². The minimum Gasteiger partial charge on any atom is -0.484 e. The minimum absolute atomic E-state index is 0.0373. The van der Waals surface area contributed by atoms with Gasteiger partial charge in [-0.1, -0.05) is 0 Å². The Bertz CT molecular complexity index is 702. The summed E-state index contributed by atoms with van der Waals surface area (Å²) in [7, 11) is 0. The maximum Gasteiger partial charge on any atom is 0.220 e. The first-order valence-electron chi connectivity index (χ1n) is 8.47. The van der Waals surface area contributed by atoms with Crippen LogP contribution in [0, 0.1) is 13.8 Å². The molecule has 1 fully saturated rings. The van der Waals surface area contributed by atoms with Gasteiger partial charge >= 0.3 is 0 Å². The second-order valence-corrected chi connectivity index (χ2v) is 7.13. The van der Waals surface area contributed by atoms with E-state index < -0.39 is 0 Å². The lowest BCUT2D eigenvalue weighted by atomic mass is 10.1. The summed E-state index contributed by atoms with van der Waals surface area (Å²) in [5, 5.41) is 3.10. The van der Waals surface area contributed by atoms with Crippen molar-refractivity contribution in [2.45, 2.75) is 45.3 Å². The number of amides is 1. The Morgan fingerprint density at radius 1 is 1.40 bits per heavy atom. The highest BCUT2D eigenvalue weighted by Crippen LogP contribution is 2.18. The molecule has 0 spiro atoms. The Labute approximate surface area is 151 Å². The molecule has 0 bridgehead atoms. The number of ether oxygens (including phenoxy) is 2. The molecule has 1 aliphatic rings. The lowest BCUT2D eigenvalue weighted by Crippen LogP contribution is -2.51. The average molecular weight is 361 g/mol. The summed E-state index contributed by atoms with van der Waals surface area (Å²) in [6.45, 7) is 5.00. The highest BCUT2D eigenvalue weighted by atomic mass is 32.1. The van der Waals surface area contributed by atoms with Gasteiger partial charge in [0.25, 0.3) is 0 Å².